The third-order valence-corrected chi connectivity index (χ3v) is 5.47. The molecule has 1 fully saturated rings. The van der Waals surface area contributed by atoms with E-state index in [4.69, 9.17) is 0 Å². The third-order valence-electron chi connectivity index (χ3n) is 4.59. The Morgan fingerprint density at radius 3 is 2.86 bits per heavy atom. The second kappa shape index (κ2) is 7.90. The zero-order chi connectivity index (χ0) is 19.5. The van der Waals surface area contributed by atoms with Crippen LogP contribution in [-0.4, -0.2) is 23.3 Å². The molecule has 0 spiro atoms. The van der Waals surface area contributed by atoms with E-state index in [1.165, 1.54) is 17.4 Å². The van der Waals surface area contributed by atoms with Crippen molar-refractivity contribution in [2.45, 2.75) is 19.4 Å². The van der Waals surface area contributed by atoms with E-state index >= 15 is 0 Å². The lowest BCUT2D eigenvalue weighted by atomic mass is 10.2. The van der Waals surface area contributed by atoms with Gasteiger partial charge in [0.2, 0.25) is 5.91 Å². The quantitative estimate of drug-likeness (QED) is 0.710. The molecule has 1 aliphatic rings. The highest BCUT2D eigenvalue weighted by Crippen LogP contribution is 2.26. The standard InChI is InChI=1S/C21H18FN3O2S/c22-17-8-2-1-7-16(17)21-24-18(13-28-21)20(27)23-12-14-5-3-6-15(11-14)25-10-4-9-19(25)26/h1-3,5-8,11,13H,4,9-10,12H2,(H,23,27). The average Bonchev–Trinajstić information content (AvgIpc) is 3.36. The van der Waals surface area contributed by atoms with E-state index in [0.29, 0.717) is 23.5 Å². The molecule has 0 bridgehead atoms. The monoisotopic (exact) mass is 395 g/mol. The lowest BCUT2D eigenvalue weighted by Crippen LogP contribution is -2.25. The Kier molecular flexibility index (Phi) is 5.16. The summed E-state index contributed by atoms with van der Waals surface area (Å²) >= 11 is 1.23. The van der Waals surface area contributed by atoms with Crippen LogP contribution >= 0.6 is 11.3 Å². The SMILES string of the molecule is O=C(NCc1cccc(N2CCCC2=O)c1)c1csc(-c2ccccc2F)n1. The number of amides is 2. The predicted octanol–water partition coefficient (Wildman–Crippen LogP) is 4.01. The van der Waals surface area contributed by atoms with Crippen molar-refractivity contribution < 1.29 is 14.0 Å². The molecule has 28 heavy (non-hydrogen) atoms. The minimum absolute atomic E-state index is 0.129. The summed E-state index contributed by atoms with van der Waals surface area (Å²) in [5, 5.41) is 4.92. The molecule has 5 nitrogen and oxygen atoms in total. The van der Waals surface area contributed by atoms with Crippen molar-refractivity contribution in [3.8, 4) is 10.6 Å². The number of anilines is 1. The number of halogens is 1. The number of rotatable bonds is 5. The Morgan fingerprint density at radius 2 is 2.07 bits per heavy atom. The molecular formula is C21H18FN3O2S. The van der Waals surface area contributed by atoms with E-state index in [1.54, 1.807) is 28.5 Å². The summed E-state index contributed by atoms with van der Waals surface area (Å²) < 4.78 is 13.9. The summed E-state index contributed by atoms with van der Waals surface area (Å²) in [6.45, 7) is 1.05. The summed E-state index contributed by atoms with van der Waals surface area (Å²) in [7, 11) is 0. The highest BCUT2D eigenvalue weighted by molar-refractivity contribution is 7.13. The van der Waals surface area contributed by atoms with Gasteiger partial charge in [-0.15, -0.1) is 11.3 Å². The number of thiazole rings is 1. The molecule has 1 N–H and O–H groups in total. The average molecular weight is 395 g/mol. The van der Waals surface area contributed by atoms with Crippen LogP contribution < -0.4 is 10.2 Å². The number of hydrogen-bond acceptors (Lipinski definition) is 4. The van der Waals surface area contributed by atoms with Crippen LogP contribution in [0.5, 0.6) is 0 Å². The second-order valence-corrected chi connectivity index (χ2v) is 7.38. The topological polar surface area (TPSA) is 62.3 Å². The molecule has 4 rings (SSSR count). The van der Waals surface area contributed by atoms with Gasteiger partial charge in [-0.2, -0.15) is 0 Å². The highest BCUT2D eigenvalue weighted by Gasteiger charge is 2.21. The Labute approximate surface area is 165 Å². The van der Waals surface area contributed by atoms with Crippen LogP contribution in [0.1, 0.15) is 28.9 Å². The van der Waals surface area contributed by atoms with Gasteiger partial charge >= 0.3 is 0 Å². The summed E-state index contributed by atoms with van der Waals surface area (Å²) in [6.07, 6.45) is 1.45. The lowest BCUT2D eigenvalue weighted by molar-refractivity contribution is -0.117. The van der Waals surface area contributed by atoms with Gasteiger partial charge in [-0.1, -0.05) is 24.3 Å². The maximum Gasteiger partial charge on any atom is 0.271 e. The van der Waals surface area contributed by atoms with Gasteiger partial charge < -0.3 is 10.2 Å². The van der Waals surface area contributed by atoms with Crippen molar-refractivity contribution in [1.29, 1.82) is 0 Å². The normalized spacial score (nSPS) is 13.8. The molecular weight excluding hydrogens is 377 g/mol. The molecule has 2 amide bonds. The van der Waals surface area contributed by atoms with E-state index in [2.05, 4.69) is 10.3 Å². The van der Waals surface area contributed by atoms with Crippen LogP contribution in [0.4, 0.5) is 10.1 Å². The molecule has 0 radical (unpaired) electrons. The number of nitrogens with zero attached hydrogens (tertiary/aromatic N) is 2. The fourth-order valence-corrected chi connectivity index (χ4v) is 3.99. The zero-order valence-electron chi connectivity index (χ0n) is 15.0. The summed E-state index contributed by atoms with van der Waals surface area (Å²) in [5.41, 5.74) is 2.39. The van der Waals surface area contributed by atoms with Crippen molar-refractivity contribution in [3.05, 3.63) is 71.0 Å². The maximum absolute atomic E-state index is 13.9. The van der Waals surface area contributed by atoms with Crippen LogP contribution in [0.25, 0.3) is 10.6 Å². The van der Waals surface area contributed by atoms with Crippen LogP contribution in [0, 0.1) is 5.82 Å². The molecule has 142 valence electrons. The van der Waals surface area contributed by atoms with E-state index in [0.717, 1.165) is 24.2 Å². The molecule has 0 saturated carbocycles. The van der Waals surface area contributed by atoms with Crippen LogP contribution in [0.15, 0.2) is 53.9 Å². The molecule has 2 aromatic carbocycles. The van der Waals surface area contributed by atoms with Gasteiger partial charge in [0.25, 0.3) is 5.91 Å². The van der Waals surface area contributed by atoms with Crippen molar-refractivity contribution in [2.24, 2.45) is 0 Å². The first-order chi connectivity index (χ1) is 13.6. The third kappa shape index (κ3) is 3.80. The van der Waals surface area contributed by atoms with Crippen molar-refractivity contribution in [2.75, 3.05) is 11.4 Å². The van der Waals surface area contributed by atoms with Crippen molar-refractivity contribution in [1.82, 2.24) is 10.3 Å². The first-order valence-corrected chi connectivity index (χ1v) is 9.88. The van der Waals surface area contributed by atoms with Gasteiger partial charge in [0.1, 0.15) is 16.5 Å². The number of hydrogen-bond donors (Lipinski definition) is 1. The Hall–Kier alpha value is -3.06. The van der Waals surface area contributed by atoms with Gasteiger partial charge in [0, 0.05) is 36.1 Å². The van der Waals surface area contributed by atoms with Crippen molar-refractivity contribution >= 4 is 28.8 Å². The molecule has 0 aliphatic carbocycles. The molecule has 1 saturated heterocycles. The number of aromatic nitrogens is 1. The van der Waals surface area contributed by atoms with E-state index in [1.807, 2.05) is 24.3 Å². The zero-order valence-corrected chi connectivity index (χ0v) is 15.8. The maximum atomic E-state index is 13.9. The van der Waals surface area contributed by atoms with Crippen LogP contribution in [-0.2, 0) is 11.3 Å². The highest BCUT2D eigenvalue weighted by atomic mass is 32.1. The van der Waals surface area contributed by atoms with Crippen molar-refractivity contribution in [3.63, 3.8) is 0 Å². The fourth-order valence-electron chi connectivity index (χ4n) is 3.16. The first-order valence-electron chi connectivity index (χ1n) is 9.00. The number of nitrogens with one attached hydrogen (secondary N) is 1. The van der Waals surface area contributed by atoms with Gasteiger partial charge in [0.15, 0.2) is 0 Å². The van der Waals surface area contributed by atoms with Gasteiger partial charge in [-0.05, 0) is 36.2 Å². The number of benzene rings is 2. The number of carbonyl (C=O) groups is 2. The summed E-state index contributed by atoms with van der Waals surface area (Å²) in [6, 6.07) is 13.9. The van der Waals surface area contributed by atoms with Crippen LogP contribution in [0.3, 0.4) is 0 Å². The van der Waals surface area contributed by atoms with E-state index < -0.39 is 0 Å². The molecule has 1 aliphatic heterocycles. The number of carbonyl (C=O) groups excluding carboxylic acids is 2. The summed E-state index contributed by atoms with van der Waals surface area (Å²) in [4.78, 5) is 30.3. The lowest BCUT2D eigenvalue weighted by Gasteiger charge is -2.16. The van der Waals surface area contributed by atoms with Gasteiger partial charge in [-0.3, -0.25) is 9.59 Å². The van der Waals surface area contributed by atoms with E-state index in [-0.39, 0.29) is 23.3 Å². The molecule has 0 atom stereocenters. The second-order valence-electron chi connectivity index (χ2n) is 6.52. The molecule has 1 aromatic heterocycles. The largest absolute Gasteiger partial charge is 0.347 e. The Morgan fingerprint density at radius 1 is 1.21 bits per heavy atom. The van der Waals surface area contributed by atoms with Crippen LogP contribution in [0.2, 0.25) is 0 Å². The minimum atomic E-state index is -0.364. The van der Waals surface area contributed by atoms with Gasteiger partial charge in [0.05, 0.1) is 0 Å². The molecule has 7 heteroatoms. The Bertz CT molecular complexity index is 1030. The minimum Gasteiger partial charge on any atom is -0.347 e. The molecule has 3 aromatic rings. The van der Waals surface area contributed by atoms with E-state index in [9.17, 15) is 14.0 Å². The van der Waals surface area contributed by atoms with Gasteiger partial charge in [-0.25, -0.2) is 9.37 Å². The predicted molar refractivity (Wildman–Crippen MR) is 107 cm³/mol. The summed E-state index contributed by atoms with van der Waals surface area (Å²) in [5.74, 6) is -0.553. The molecule has 0 unspecified atom stereocenters. The smallest absolute Gasteiger partial charge is 0.271 e. The Balaban J connectivity index is 1.43. The molecule has 2 heterocycles. The first kappa shape index (κ1) is 18.3. The fraction of sp³-hybridized carbons (Fsp3) is 0.190.